The van der Waals surface area contributed by atoms with E-state index in [1.54, 1.807) is 0 Å². The fraction of sp³-hybridized carbons (Fsp3) is 0.143. The van der Waals surface area contributed by atoms with E-state index in [9.17, 15) is 0 Å². The zero-order valence-electron chi connectivity index (χ0n) is 9.95. The summed E-state index contributed by atoms with van der Waals surface area (Å²) in [6, 6.07) is 13.8. The molecule has 1 atom stereocenters. The highest BCUT2D eigenvalue weighted by atomic mass is 127. The molecule has 18 heavy (non-hydrogen) atoms. The summed E-state index contributed by atoms with van der Waals surface area (Å²) >= 11 is 8.46. The molecule has 3 N–H and O–H groups in total. The molecule has 0 radical (unpaired) electrons. The Balaban J connectivity index is 2.21. The molecule has 0 fully saturated rings. The van der Waals surface area contributed by atoms with Crippen molar-refractivity contribution in [2.24, 2.45) is 0 Å². The second kappa shape index (κ2) is 5.80. The highest BCUT2D eigenvalue weighted by Crippen LogP contribution is 2.28. The van der Waals surface area contributed by atoms with Crippen LogP contribution in [-0.2, 0) is 0 Å². The molecule has 0 aromatic heterocycles. The first-order chi connectivity index (χ1) is 8.58. The van der Waals surface area contributed by atoms with E-state index in [-0.39, 0.29) is 6.04 Å². The highest BCUT2D eigenvalue weighted by Gasteiger charge is 2.10. The minimum absolute atomic E-state index is 0.149. The van der Waals surface area contributed by atoms with E-state index < -0.39 is 0 Å². The topological polar surface area (TPSA) is 38.0 Å². The van der Waals surface area contributed by atoms with Gasteiger partial charge in [0.15, 0.2) is 0 Å². The van der Waals surface area contributed by atoms with Crippen molar-refractivity contribution in [2.45, 2.75) is 13.0 Å². The summed E-state index contributed by atoms with van der Waals surface area (Å²) in [4.78, 5) is 0. The summed E-state index contributed by atoms with van der Waals surface area (Å²) in [6.07, 6.45) is 0. The molecule has 2 rings (SSSR count). The third kappa shape index (κ3) is 3.09. The van der Waals surface area contributed by atoms with E-state index >= 15 is 0 Å². The van der Waals surface area contributed by atoms with Crippen LogP contribution in [-0.4, -0.2) is 0 Å². The monoisotopic (exact) mass is 372 g/mol. The van der Waals surface area contributed by atoms with Gasteiger partial charge in [-0.05, 0) is 59.3 Å². The summed E-state index contributed by atoms with van der Waals surface area (Å²) in [5, 5.41) is 4.23. The van der Waals surface area contributed by atoms with Gasteiger partial charge in [-0.1, -0.05) is 29.8 Å². The number of hydrogen-bond acceptors (Lipinski definition) is 2. The van der Waals surface area contributed by atoms with Crippen molar-refractivity contribution in [1.82, 2.24) is 0 Å². The molecule has 0 bridgehead atoms. The summed E-state index contributed by atoms with van der Waals surface area (Å²) in [7, 11) is 0. The molecule has 0 aliphatic rings. The Morgan fingerprint density at radius 2 is 1.94 bits per heavy atom. The van der Waals surface area contributed by atoms with Crippen LogP contribution in [0.3, 0.4) is 0 Å². The predicted molar refractivity (Wildman–Crippen MR) is 87.1 cm³/mol. The maximum Gasteiger partial charge on any atom is 0.0500 e. The number of nitrogens with one attached hydrogen (secondary N) is 1. The molecule has 0 heterocycles. The lowest BCUT2D eigenvalue weighted by molar-refractivity contribution is 0.884. The Bertz CT molecular complexity index is 557. The molecule has 0 amide bonds. The second-order valence-corrected chi connectivity index (χ2v) is 5.70. The Morgan fingerprint density at radius 1 is 1.22 bits per heavy atom. The smallest absolute Gasteiger partial charge is 0.0500 e. The van der Waals surface area contributed by atoms with Crippen molar-refractivity contribution in [2.75, 3.05) is 11.1 Å². The zero-order chi connectivity index (χ0) is 13.1. The van der Waals surface area contributed by atoms with Crippen LogP contribution in [0.1, 0.15) is 18.5 Å². The van der Waals surface area contributed by atoms with E-state index in [0.717, 1.165) is 25.5 Å². The van der Waals surface area contributed by atoms with Gasteiger partial charge in [0.05, 0.1) is 6.04 Å². The van der Waals surface area contributed by atoms with Gasteiger partial charge in [0.25, 0.3) is 0 Å². The first-order valence-electron chi connectivity index (χ1n) is 5.64. The maximum atomic E-state index is 6.19. The zero-order valence-corrected chi connectivity index (χ0v) is 12.9. The minimum atomic E-state index is 0.149. The van der Waals surface area contributed by atoms with Gasteiger partial charge in [-0.2, -0.15) is 0 Å². The third-order valence-electron chi connectivity index (χ3n) is 2.74. The van der Waals surface area contributed by atoms with E-state index in [4.69, 9.17) is 17.3 Å². The first-order valence-corrected chi connectivity index (χ1v) is 7.09. The van der Waals surface area contributed by atoms with Crippen LogP contribution in [0.15, 0.2) is 42.5 Å². The largest absolute Gasteiger partial charge is 0.399 e. The van der Waals surface area contributed by atoms with Gasteiger partial charge in [0.2, 0.25) is 0 Å². The third-order valence-corrected chi connectivity index (χ3v) is 3.97. The quantitative estimate of drug-likeness (QED) is 0.605. The summed E-state index contributed by atoms with van der Waals surface area (Å²) in [5.74, 6) is 0. The lowest BCUT2D eigenvalue weighted by Crippen LogP contribution is -2.08. The normalized spacial score (nSPS) is 12.2. The fourth-order valence-electron chi connectivity index (χ4n) is 1.79. The standard InChI is InChI=1S/C14H14ClIN2/c1-9(11-4-2-3-5-12(11)15)18-14-7-6-10(17)8-13(14)16/h2-9,18H,17H2,1H3. The van der Waals surface area contributed by atoms with E-state index in [2.05, 4.69) is 34.8 Å². The lowest BCUT2D eigenvalue weighted by atomic mass is 10.1. The molecular formula is C14H14ClIN2. The number of hydrogen-bond donors (Lipinski definition) is 2. The second-order valence-electron chi connectivity index (χ2n) is 4.13. The minimum Gasteiger partial charge on any atom is -0.399 e. The highest BCUT2D eigenvalue weighted by molar-refractivity contribution is 14.1. The van der Waals surface area contributed by atoms with E-state index in [1.165, 1.54) is 0 Å². The van der Waals surface area contributed by atoms with Crippen molar-refractivity contribution in [1.29, 1.82) is 0 Å². The summed E-state index contributed by atoms with van der Waals surface area (Å²) in [5.41, 5.74) is 8.67. The van der Waals surface area contributed by atoms with Gasteiger partial charge in [0.1, 0.15) is 0 Å². The SMILES string of the molecule is CC(Nc1ccc(N)cc1I)c1ccccc1Cl. The molecule has 2 nitrogen and oxygen atoms in total. The van der Waals surface area contributed by atoms with Crippen molar-refractivity contribution in [3.8, 4) is 0 Å². The molecule has 0 saturated heterocycles. The summed E-state index contributed by atoms with van der Waals surface area (Å²) in [6.45, 7) is 2.09. The number of rotatable bonds is 3. The van der Waals surface area contributed by atoms with Crippen LogP contribution in [0.4, 0.5) is 11.4 Å². The molecule has 4 heteroatoms. The number of benzene rings is 2. The average Bonchev–Trinajstić information content (AvgIpc) is 2.33. The first kappa shape index (κ1) is 13.5. The summed E-state index contributed by atoms with van der Waals surface area (Å²) < 4.78 is 1.10. The molecule has 2 aromatic rings. The average molecular weight is 373 g/mol. The van der Waals surface area contributed by atoms with E-state index in [0.29, 0.717) is 0 Å². The fourth-order valence-corrected chi connectivity index (χ4v) is 2.78. The number of halogens is 2. The van der Waals surface area contributed by atoms with Gasteiger partial charge < -0.3 is 11.1 Å². The predicted octanol–water partition coefficient (Wildman–Crippen LogP) is 4.70. The van der Waals surface area contributed by atoms with Crippen molar-refractivity contribution in [3.05, 3.63) is 56.6 Å². The molecule has 0 aliphatic heterocycles. The number of nitrogens with two attached hydrogens (primary N) is 1. The van der Waals surface area contributed by atoms with Gasteiger partial charge in [-0.3, -0.25) is 0 Å². The van der Waals surface area contributed by atoms with Gasteiger partial charge in [0, 0.05) is 20.0 Å². The van der Waals surface area contributed by atoms with Crippen LogP contribution in [0.5, 0.6) is 0 Å². The van der Waals surface area contributed by atoms with Gasteiger partial charge >= 0.3 is 0 Å². The van der Waals surface area contributed by atoms with Crippen molar-refractivity contribution in [3.63, 3.8) is 0 Å². The van der Waals surface area contributed by atoms with Crippen LogP contribution < -0.4 is 11.1 Å². The Labute approximate surface area is 126 Å². The number of anilines is 2. The molecule has 94 valence electrons. The number of nitrogen functional groups attached to an aromatic ring is 1. The van der Waals surface area contributed by atoms with E-state index in [1.807, 2.05) is 42.5 Å². The molecule has 0 spiro atoms. The van der Waals surface area contributed by atoms with Crippen molar-refractivity contribution >= 4 is 45.6 Å². The van der Waals surface area contributed by atoms with Crippen molar-refractivity contribution < 1.29 is 0 Å². The van der Waals surface area contributed by atoms with Crippen LogP contribution in [0.25, 0.3) is 0 Å². The Morgan fingerprint density at radius 3 is 2.61 bits per heavy atom. The molecule has 0 saturated carbocycles. The van der Waals surface area contributed by atoms with Crippen LogP contribution in [0, 0.1) is 3.57 Å². The molecule has 2 aromatic carbocycles. The molecular weight excluding hydrogens is 359 g/mol. The maximum absolute atomic E-state index is 6.19. The van der Waals surface area contributed by atoms with Crippen LogP contribution in [0.2, 0.25) is 5.02 Å². The molecule has 0 aliphatic carbocycles. The van der Waals surface area contributed by atoms with Gasteiger partial charge in [-0.15, -0.1) is 0 Å². The van der Waals surface area contributed by atoms with Crippen LogP contribution >= 0.6 is 34.2 Å². The lowest BCUT2D eigenvalue weighted by Gasteiger charge is -2.18. The van der Waals surface area contributed by atoms with Gasteiger partial charge in [-0.25, -0.2) is 0 Å². The Kier molecular flexibility index (Phi) is 4.35. The Hall–Kier alpha value is -0.940. The molecule has 1 unspecified atom stereocenters.